The number of fused-ring (bicyclic) bond motifs is 1. The molecule has 0 aliphatic heterocycles. The normalized spacial score (nSPS) is 10.3. The standard InChI is InChI=1S/C7H6N4O/c8-7(12)11-2-5-1-9-4-10-6(5)3-11/h1-4H,(H2,8,12). The van der Waals surface area contributed by atoms with Crippen LogP contribution in [0, 0.1) is 0 Å². The summed E-state index contributed by atoms with van der Waals surface area (Å²) in [6.45, 7) is 0. The summed E-state index contributed by atoms with van der Waals surface area (Å²) < 4.78 is 1.28. The van der Waals surface area contributed by atoms with Gasteiger partial charge in [-0.2, -0.15) is 0 Å². The number of carbonyl (C=O) groups excluding carboxylic acids is 1. The van der Waals surface area contributed by atoms with Crippen molar-refractivity contribution in [1.29, 1.82) is 0 Å². The molecule has 2 N–H and O–H groups in total. The van der Waals surface area contributed by atoms with Gasteiger partial charge in [0.15, 0.2) is 0 Å². The number of hydrogen-bond acceptors (Lipinski definition) is 3. The summed E-state index contributed by atoms with van der Waals surface area (Å²) >= 11 is 0. The van der Waals surface area contributed by atoms with Gasteiger partial charge in [0.1, 0.15) is 6.33 Å². The highest BCUT2D eigenvalue weighted by atomic mass is 16.2. The summed E-state index contributed by atoms with van der Waals surface area (Å²) in [6, 6.07) is -0.520. The fourth-order valence-electron chi connectivity index (χ4n) is 1.00. The van der Waals surface area contributed by atoms with Gasteiger partial charge in [-0.05, 0) is 0 Å². The zero-order valence-corrected chi connectivity index (χ0v) is 6.14. The Hall–Kier alpha value is -1.91. The number of carbonyl (C=O) groups is 1. The van der Waals surface area contributed by atoms with E-state index in [1.54, 1.807) is 18.6 Å². The highest BCUT2D eigenvalue weighted by Gasteiger charge is 2.01. The van der Waals surface area contributed by atoms with E-state index in [9.17, 15) is 4.79 Å². The Morgan fingerprint density at radius 1 is 1.50 bits per heavy atom. The van der Waals surface area contributed by atoms with Gasteiger partial charge in [0.05, 0.1) is 5.52 Å². The third kappa shape index (κ3) is 0.914. The lowest BCUT2D eigenvalue weighted by atomic mass is 10.4. The first kappa shape index (κ1) is 6.78. The van der Waals surface area contributed by atoms with Crippen molar-refractivity contribution in [1.82, 2.24) is 14.5 Å². The zero-order valence-electron chi connectivity index (χ0n) is 6.14. The fourth-order valence-corrected chi connectivity index (χ4v) is 1.00. The summed E-state index contributed by atoms with van der Waals surface area (Å²) in [5.41, 5.74) is 5.77. The van der Waals surface area contributed by atoms with Crippen LogP contribution < -0.4 is 5.73 Å². The smallest absolute Gasteiger partial charge is 0.322 e. The Labute approximate surface area is 67.8 Å². The first-order valence-corrected chi connectivity index (χ1v) is 3.35. The van der Waals surface area contributed by atoms with Crippen molar-refractivity contribution >= 4 is 16.9 Å². The van der Waals surface area contributed by atoms with Gasteiger partial charge in [0, 0.05) is 24.0 Å². The van der Waals surface area contributed by atoms with E-state index in [2.05, 4.69) is 9.97 Å². The van der Waals surface area contributed by atoms with Crippen molar-refractivity contribution in [2.45, 2.75) is 0 Å². The molecule has 0 unspecified atom stereocenters. The van der Waals surface area contributed by atoms with Crippen molar-refractivity contribution in [2.24, 2.45) is 5.73 Å². The molecule has 0 spiro atoms. The molecule has 12 heavy (non-hydrogen) atoms. The van der Waals surface area contributed by atoms with Crippen LogP contribution in [-0.4, -0.2) is 20.6 Å². The second kappa shape index (κ2) is 2.30. The van der Waals surface area contributed by atoms with Crippen LogP contribution in [0.5, 0.6) is 0 Å². The van der Waals surface area contributed by atoms with E-state index in [4.69, 9.17) is 5.73 Å². The fraction of sp³-hybridized carbons (Fsp3) is 0. The minimum Gasteiger partial charge on any atom is -0.351 e. The first-order valence-electron chi connectivity index (χ1n) is 3.35. The molecule has 0 aliphatic carbocycles. The molecule has 0 saturated carbocycles. The van der Waals surface area contributed by atoms with Gasteiger partial charge in [0.25, 0.3) is 0 Å². The molecule has 0 radical (unpaired) electrons. The molecule has 0 aliphatic rings. The van der Waals surface area contributed by atoms with Crippen LogP contribution in [0.3, 0.4) is 0 Å². The number of nitrogens with zero attached hydrogens (tertiary/aromatic N) is 3. The number of aromatic nitrogens is 3. The molecule has 0 fully saturated rings. The van der Waals surface area contributed by atoms with E-state index in [0.29, 0.717) is 5.52 Å². The molecular weight excluding hydrogens is 156 g/mol. The van der Waals surface area contributed by atoms with Gasteiger partial charge in [0.2, 0.25) is 0 Å². The maximum absolute atomic E-state index is 10.7. The third-order valence-corrected chi connectivity index (χ3v) is 1.57. The maximum Gasteiger partial charge on any atom is 0.322 e. The number of rotatable bonds is 0. The minimum atomic E-state index is -0.520. The molecule has 0 aromatic carbocycles. The molecule has 0 bridgehead atoms. The summed E-state index contributed by atoms with van der Waals surface area (Å²) in [4.78, 5) is 18.5. The largest absolute Gasteiger partial charge is 0.351 e. The van der Waals surface area contributed by atoms with Gasteiger partial charge < -0.3 is 5.73 Å². The molecular formula is C7H6N4O. The number of nitrogens with two attached hydrogens (primary N) is 1. The summed E-state index contributed by atoms with van der Waals surface area (Å²) in [6.07, 6.45) is 6.21. The lowest BCUT2D eigenvalue weighted by molar-refractivity contribution is 0.250. The van der Waals surface area contributed by atoms with Crippen LogP contribution in [0.1, 0.15) is 0 Å². The van der Waals surface area contributed by atoms with Crippen LogP contribution in [0.15, 0.2) is 24.9 Å². The molecule has 1 amide bonds. The highest BCUT2D eigenvalue weighted by Crippen LogP contribution is 2.09. The van der Waals surface area contributed by atoms with E-state index in [1.165, 1.54) is 10.9 Å². The molecule has 60 valence electrons. The molecule has 2 aromatic rings. The highest BCUT2D eigenvalue weighted by molar-refractivity contribution is 5.84. The minimum absolute atomic E-state index is 0.520. The predicted molar refractivity (Wildman–Crippen MR) is 42.5 cm³/mol. The van der Waals surface area contributed by atoms with Crippen LogP contribution in [-0.2, 0) is 0 Å². The second-order valence-corrected chi connectivity index (χ2v) is 2.37. The lowest BCUT2D eigenvalue weighted by Gasteiger charge is -1.89. The Bertz CT molecular complexity index is 401. The Balaban J connectivity index is 2.70. The van der Waals surface area contributed by atoms with Crippen molar-refractivity contribution in [3.63, 3.8) is 0 Å². The molecule has 2 aromatic heterocycles. The Morgan fingerprint density at radius 2 is 2.33 bits per heavy atom. The topological polar surface area (TPSA) is 73.8 Å². The summed E-state index contributed by atoms with van der Waals surface area (Å²) in [5.74, 6) is 0. The van der Waals surface area contributed by atoms with E-state index in [1.807, 2.05) is 0 Å². The SMILES string of the molecule is NC(=O)n1cc2cncnc2c1. The monoisotopic (exact) mass is 162 g/mol. The van der Waals surface area contributed by atoms with Crippen LogP contribution in [0.2, 0.25) is 0 Å². The molecule has 2 rings (SSSR count). The summed E-state index contributed by atoms with van der Waals surface area (Å²) in [5, 5.41) is 0.802. The van der Waals surface area contributed by atoms with Gasteiger partial charge in [-0.1, -0.05) is 0 Å². The summed E-state index contributed by atoms with van der Waals surface area (Å²) in [7, 11) is 0. The van der Waals surface area contributed by atoms with Crippen molar-refractivity contribution < 1.29 is 4.79 Å². The molecule has 5 heteroatoms. The maximum atomic E-state index is 10.7. The number of amides is 1. The Kier molecular flexibility index (Phi) is 1.30. The van der Waals surface area contributed by atoms with Gasteiger partial charge in [-0.15, -0.1) is 0 Å². The van der Waals surface area contributed by atoms with Gasteiger partial charge in [-0.3, -0.25) is 4.57 Å². The van der Waals surface area contributed by atoms with Gasteiger partial charge >= 0.3 is 6.03 Å². The first-order chi connectivity index (χ1) is 5.77. The lowest BCUT2D eigenvalue weighted by Crippen LogP contribution is -2.17. The van der Waals surface area contributed by atoms with Gasteiger partial charge in [-0.25, -0.2) is 14.8 Å². The molecule has 2 heterocycles. The van der Waals surface area contributed by atoms with Crippen molar-refractivity contribution in [3.05, 3.63) is 24.9 Å². The van der Waals surface area contributed by atoms with Crippen LogP contribution in [0.4, 0.5) is 4.79 Å². The quantitative estimate of drug-likeness (QED) is 0.607. The van der Waals surface area contributed by atoms with E-state index in [0.717, 1.165) is 5.39 Å². The van der Waals surface area contributed by atoms with E-state index >= 15 is 0 Å². The third-order valence-electron chi connectivity index (χ3n) is 1.57. The van der Waals surface area contributed by atoms with E-state index in [-0.39, 0.29) is 0 Å². The molecule has 0 atom stereocenters. The average molecular weight is 162 g/mol. The average Bonchev–Trinajstić information content (AvgIpc) is 2.46. The van der Waals surface area contributed by atoms with Crippen molar-refractivity contribution in [2.75, 3.05) is 0 Å². The Morgan fingerprint density at radius 3 is 3.00 bits per heavy atom. The van der Waals surface area contributed by atoms with E-state index < -0.39 is 6.03 Å². The predicted octanol–water partition coefficient (Wildman–Crippen LogP) is 0.358. The van der Waals surface area contributed by atoms with Crippen molar-refractivity contribution in [3.8, 4) is 0 Å². The number of primary amides is 1. The molecule has 0 saturated heterocycles. The zero-order chi connectivity index (χ0) is 8.55. The van der Waals surface area contributed by atoms with Crippen LogP contribution >= 0.6 is 0 Å². The van der Waals surface area contributed by atoms with Crippen LogP contribution in [0.25, 0.3) is 10.9 Å². The number of hydrogen-bond donors (Lipinski definition) is 1. The second-order valence-electron chi connectivity index (χ2n) is 2.37. The molecule has 5 nitrogen and oxygen atoms in total.